The van der Waals surface area contributed by atoms with Gasteiger partial charge in [0.25, 0.3) is 5.56 Å². The highest BCUT2D eigenvalue weighted by atomic mass is 32.1. The molecule has 4 rings (SSSR count). The number of fused-ring (bicyclic) bond motifs is 1. The molecular weight excluding hydrogens is 350 g/mol. The Bertz CT molecular complexity index is 1210. The van der Waals surface area contributed by atoms with E-state index in [-0.39, 0.29) is 5.56 Å². The number of aryl methyl sites for hydroxylation is 3. The van der Waals surface area contributed by atoms with Crippen molar-refractivity contribution in [2.24, 2.45) is 5.10 Å². The molecule has 0 fully saturated rings. The van der Waals surface area contributed by atoms with Gasteiger partial charge in [0, 0.05) is 23.0 Å². The monoisotopic (exact) mass is 367 g/mol. The van der Waals surface area contributed by atoms with Crippen LogP contribution in [0.25, 0.3) is 16.0 Å². The summed E-state index contributed by atoms with van der Waals surface area (Å²) >= 11 is 1.45. The minimum atomic E-state index is -0.161. The van der Waals surface area contributed by atoms with E-state index in [4.69, 9.17) is 4.52 Å². The van der Waals surface area contributed by atoms with Gasteiger partial charge < -0.3 is 4.52 Å². The largest absolute Gasteiger partial charge is 0.360 e. The second-order valence-corrected chi connectivity index (χ2v) is 7.01. The maximum absolute atomic E-state index is 12.6. The van der Waals surface area contributed by atoms with Crippen LogP contribution in [0, 0.1) is 27.7 Å². The molecule has 0 aliphatic rings. The zero-order valence-electron chi connectivity index (χ0n) is 14.8. The predicted octanol–water partition coefficient (Wildman–Crippen LogP) is 3.35. The summed E-state index contributed by atoms with van der Waals surface area (Å²) in [7, 11) is 0. The molecule has 0 saturated heterocycles. The Morgan fingerprint density at radius 1 is 1.23 bits per heavy atom. The summed E-state index contributed by atoms with van der Waals surface area (Å²) in [5, 5.41) is 10.9. The van der Waals surface area contributed by atoms with Gasteiger partial charge in [-0.05, 0) is 45.2 Å². The molecule has 4 heterocycles. The molecule has 0 unspecified atom stereocenters. The average Bonchev–Trinajstić information content (AvgIpc) is 3.28. The Balaban J connectivity index is 1.78. The molecule has 0 bridgehead atoms. The smallest absolute Gasteiger partial charge is 0.282 e. The molecule has 0 N–H and O–H groups in total. The van der Waals surface area contributed by atoms with E-state index in [2.05, 4.69) is 15.2 Å². The van der Waals surface area contributed by atoms with Crippen LogP contribution in [0.3, 0.4) is 0 Å². The molecule has 0 atom stereocenters. The van der Waals surface area contributed by atoms with Crippen molar-refractivity contribution in [1.82, 2.24) is 19.4 Å². The SMILES string of the molecule is Cc1cc(-n2c(C)cc(/C=N\n3c(C)nc4sccc4c3=O)c2C)no1. The van der Waals surface area contributed by atoms with Crippen LogP contribution >= 0.6 is 11.3 Å². The third kappa shape index (κ3) is 2.59. The molecule has 132 valence electrons. The minimum absolute atomic E-state index is 0.161. The normalized spacial score (nSPS) is 11.8. The van der Waals surface area contributed by atoms with Crippen molar-refractivity contribution in [3.05, 3.63) is 62.5 Å². The van der Waals surface area contributed by atoms with Crippen molar-refractivity contribution in [3.8, 4) is 5.82 Å². The van der Waals surface area contributed by atoms with Crippen LogP contribution in [-0.4, -0.2) is 25.6 Å². The van der Waals surface area contributed by atoms with E-state index in [9.17, 15) is 4.79 Å². The van der Waals surface area contributed by atoms with E-state index < -0.39 is 0 Å². The highest BCUT2D eigenvalue weighted by molar-refractivity contribution is 7.16. The number of thiophene rings is 1. The van der Waals surface area contributed by atoms with E-state index >= 15 is 0 Å². The number of hydrogen-bond acceptors (Lipinski definition) is 6. The van der Waals surface area contributed by atoms with Crippen LogP contribution in [0.5, 0.6) is 0 Å². The van der Waals surface area contributed by atoms with Crippen LogP contribution in [0.2, 0.25) is 0 Å². The third-order valence-electron chi connectivity index (χ3n) is 4.26. The Morgan fingerprint density at radius 2 is 2.04 bits per heavy atom. The lowest BCUT2D eigenvalue weighted by molar-refractivity contribution is 0.394. The van der Waals surface area contributed by atoms with E-state index in [1.54, 1.807) is 19.2 Å². The first-order valence-corrected chi connectivity index (χ1v) is 8.97. The van der Waals surface area contributed by atoms with E-state index in [1.807, 2.05) is 42.9 Å². The zero-order chi connectivity index (χ0) is 18.4. The number of hydrogen-bond donors (Lipinski definition) is 0. The van der Waals surface area contributed by atoms with Gasteiger partial charge in [0.05, 0.1) is 11.6 Å². The lowest BCUT2D eigenvalue weighted by Crippen LogP contribution is -2.19. The Kier molecular flexibility index (Phi) is 3.84. The summed E-state index contributed by atoms with van der Waals surface area (Å²) in [6.07, 6.45) is 1.68. The van der Waals surface area contributed by atoms with Crippen molar-refractivity contribution in [1.29, 1.82) is 0 Å². The molecule has 0 aliphatic carbocycles. The van der Waals surface area contributed by atoms with Gasteiger partial charge in [-0.25, -0.2) is 4.98 Å². The lowest BCUT2D eigenvalue weighted by Gasteiger charge is -2.04. The first-order valence-electron chi connectivity index (χ1n) is 8.09. The average molecular weight is 367 g/mol. The topological polar surface area (TPSA) is 78.2 Å². The molecule has 4 aromatic heterocycles. The third-order valence-corrected chi connectivity index (χ3v) is 5.07. The van der Waals surface area contributed by atoms with Crippen molar-refractivity contribution < 1.29 is 4.52 Å². The van der Waals surface area contributed by atoms with Gasteiger partial charge in [-0.3, -0.25) is 9.36 Å². The van der Waals surface area contributed by atoms with Gasteiger partial charge >= 0.3 is 0 Å². The van der Waals surface area contributed by atoms with Gasteiger partial charge in [-0.2, -0.15) is 9.78 Å². The molecule has 8 heteroatoms. The second kappa shape index (κ2) is 6.06. The quantitative estimate of drug-likeness (QED) is 0.520. The van der Waals surface area contributed by atoms with Gasteiger partial charge in [-0.1, -0.05) is 5.16 Å². The number of aromatic nitrogens is 4. The summed E-state index contributed by atoms with van der Waals surface area (Å²) in [5.41, 5.74) is 2.72. The maximum atomic E-state index is 12.6. The van der Waals surface area contributed by atoms with Crippen LogP contribution in [-0.2, 0) is 0 Å². The predicted molar refractivity (Wildman–Crippen MR) is 102 cm³/mol. The molecular formula is C18H17N5O2S. The molecule has 0 aliphatic heterocycles. The van der Waals surface area contributed by atoms with Crippen LogP contribution in [0.15, 0.2) is 38.0 Å². The molecule has 26 heavy (non-hydrogen) atoms. The minimum Gasteiger partial charge on any atom is -0.360 e. The fourth-order valence-electron chi connectivity index (χ4n) is 2.99. The van der Waals surface area contributed by atoms with Crippen LogP contribution in [0.1, 0.15) is 28.5 Å². The first kappa shape index (κ1) is 16.5. The Labute approximate surface area is 153 Å². The van der Waals surface area contributed by atoms with E-state index in [0.29, 0.717) is 11.2 Å². The van der Waals surface area contributed by atoms with E-state index in [1.165, 1.54) is 16.0 Å². The fourth-order valence-corrected chi connectivity index (χ4v) is 3.79. The molecule has 0 saturated carbocycles. The summed E-state index contributed by atoms with van der Waals surface area (Å²) in [5.74, 6) is 2.04. The van der Waals surface area contributed by atoms with Gasteiger partial charge in [0.1, 0.15) is 16.4 Å². The molecule has 4 aromatic rings. The highest BCUT2D eigenvalue weighted by Crippen LogP contribution is 2.20. The summed E-state index contributed by atoms with van der Waals surface area (Å²) in [6, 6.07) is 5.66. The molecule has 0 amide bonds. The van der Waals surface area contributed by atoms with E-state index in [0.717, 1.165) is 33.4 Å². The van der Waals surface area contributed by atoms with Crippen LogP contribution < -0.4 is 5.56 Å². The first-order chi connectivity index (χ1) is 12.5. The van der Waals surface area contributed by atoms with Crippen molar-refractivity contribution in [2.45, 2.75) is 27.7 Å². The number of nitrogens with zero attached hydrogens (tertiary/aromatic N) is 5. The fraction of sp³-hybridized carbons (Fsp3) is 0.222. The summed E-state index contributed by atoms with van der Waals surface area (Å²) in [6.45, 7) is 7.61. The molecule has 0 aromatic carbocycles. The zero-order valence-corrected chi connectivity index (χ0v) is 15.7. The van der Waals surface area contributed by atoms with Crippen molar-refractivity contribution in [3.63, 3.8) is 0 Å². The number of rotatable bonds is 3. The van der Waals surface area contributed by atoms with Gasteiger partial charge in [0.2, 0.25) is 0 Å². The van der Waals surface area contributed by atoms with Gasteiger partial charge in [0.15, 0.2) is 5.82 Å². The standard InChI is InChI=1S/C18H17N5O2S/c1-10-7-14(12(3)22(10)16-8-11(2)25-21-16)9-19-23-13(4)20-17-15(18(23)24)5-6-26-17/h5-9H,1-4H3/b19-9-. The van der Waals surface area contributed by atoms with Crippen molar-refractivity contribution in [2.75, 3.05) is 0 Å². The molecule has 0 radical (unpaired) electrons. The highest BCUT2D eigenvalue weighted by Gasteiger charge is 2.13. The summed E-state index contributed by atoms with van der Waals surface area (Å²) in [4.78, 5) is 17.8. The molecule has 0 spiro atoms. The maximum Gasteiger partial charge on any atom is 0.282 e. The summed E-state index contributed by atoms with van der Waals surface area (Å²) < 4.78 is 8.50. The van der Waals surface area contributed by atoms with Crippen molar-refractivity contribution >= 4 is 27.8 Å². The lowest BCUT2D eigenvalue weighted by atomic mass is 10.3. The second-order valence-electron chi connectivity index (χ2n) is 6.12. The van der Waals surface area contributed by atoms with Gasteiger partial charge in [-0.15, -0.1) is 11.3 Å². The molecule has 7 nitrogen and oxygen atoms in total. The Hall–Kier alpha value is -3.00. The Morgan fingerprint density at radius 3 is 2.77 bits per heavy atom. The van der Waals surface area contributed by atoms with Crippen LogP contribution in [0.4, 0.5) is 0 Å².